The Balaban J connectivity index is 1.34. The molecule has 1 amide bonds. The number of hydrogen-bond donors (Lipinski definition) is 0. The maximum Gasteiger partial charge on any atom is 0.346 e. The lowest BCUT2D eigenvalue weighted by atomic mass is 9.95. The molecule has 0 unspecified atom stereocenters. The summed E-state index contributed by atoms with van der Waals surface area (Å²) in [5, 5.41) is 4.72. The molecule has 0 saturated carbocycles. The van der Waals surface area contributed by atoms with Gasteiger partial charge in [0.1, 0.15) is 5.82 Å². The molecule has 1 aliphatic heterocycles. The minimum atomic E-state index is -0.0502. The second-order valence-corrected chi connectivity index (χ2v) is 8.52. The van der Waals surface area contributed by atoms with Crippen LogP contribution in [-0.4, -0.2) is 38.2 Å². The van der Waals surface area contributed by atoms with Gasteiger partial charge in [0.05, 0.1) is 6.54 Å². The molecule has 4 rings (SSSR count). The Labute approximate surface area is 189 Å². The minimum absolute atomic E-state index is 0.0502. The highest BCUT2D eigenvalue weighted by atomic mass is 16.2. The van der Waals surface area contributed by atoms with E-state index in [1.54, 1.807) is 9.25 Å². The Kier molecular flexibility index (Phi) is 7.20. The van der Waals surface area contributed by atoms with Gasteiger partial charge in [-0.05, 0) is 43.7 Å². The van der Waals surface area contributed by atoms with Crippen molar-refractivity contribution in [1.82, 2.24) is 19.2 Å². The Morgan fingerprint density at radius 1 is 0.969 bits per heavy atom. The normalized spacial score (nSPS) is 14.6. The highest BCUT2D eigenvalue weighted by molar-refractivity contribution is 5.76. The first-order valence-corrected chi connectivity index (χ1v) is 11.7. The number of rotatable bonds is 8. The standard InChI is InChI=1S/C26H32N4O2/c1-2-29-25(27-30(26(29)32)20-22-12-7-4-8-13-22)23-16-18-28(19-17-23)24(31)15-9-14-21-10-5-3-6-11-21/h3-8,10-13,23H,2,9,14-20H2,1H3. The lowest BCUT2D eigenvalue weighted by molar-refractivity contribution is -0.132. The van der Waals surface area contributed by atoms with Crippen molar-refractivity contribution in [3.8, 4) is 0 Å². The van der Waals surface area contributed by atoms with E-state index in [0.717, 1.165) is 50.2 Å². The van der Waals surface area contributed by atoms with Crippen molar-refractivity contribution in [1.29, 1.82) is 0 Å². The molecule has 6 nitrogen and oxygen atoms in total. The van der Waals surface area contributed by atoms with Crippen LogP contribution in [0.5, 0.6) is 0 Å². The van der Waals surface area contributed by atoms with Crippen molar-refractivity contribution in [2.75, 3.05) is 13.1 Å². The first kappa shape index (κ1) is 22.1. The van der Waals surface area contributed by atoms with Crippen molar-refractivity contribution >= 4 is 5.91 Å². The molecule has 1 saturated heterocycles. The summed E-state index contributed by atoms with van der Waals surface area (Å²) >= 11 is 0. The van der Waals surface area contributed by atoms with E-state index in [0.29, 0.717) is 19.5 Å². The summed E-state index contributed by atoms with van der Waals surface area (Å²) in [7, 11) is 0. The first-order valence-electron chi connectivity index (χ1n) is 11.7. The molecule has 6 heteroatoms. The van der Waals surface area contributed by atoms with Gasteiger partial charge in [-0.1, -0.05) is 60.7 Å². The summed E-state index contributed by atoms with van der Waals surface area (Å²) in [6.45, 7) is 4.56. The smallest absolute Gasteiger partial charge is 0.343 e. The molecule has 0 atom stereocenters. The molecular weight excluding hydrogens is 400 g/mol. The number of carbonyl (C=O) groups excluding carboxylic acids is 1. The summed E-state index contributed by atoms with van der Waals surface area (Å²) in [5.74, 6) is 1.32. The van der Waals surface area contributed by atoms with Crippen molar-refractivity contribution in [2.24, 2.45) is 0 Å². The van der Waals surface area contributed by atoms with Crippen LogP contribution in [0.25, 0.3) is 0 Å². The third-order valence-electron chi connectivity index (χ3n) is 6.35. The van der Waals surface area contributed by atoms with Crippen LogP contribution in [0, 0.1) is 0 Å². The fraction of sp³-hybridized carbons (Fsp3) is 0.423. The van der Waals surface area contributed by atoms with Gasteiger partial charge in [0.25, 0.3) is 0 Å². The van der Waals surface area contributed by atoms with Crippen molar-refractivity contribution in [3.05, 3.63) is 88.1 Å². The molecule has 1 fully saturated rings. The van der Waals surface area contributed by atoms with E-state index >= 15 is 0 Å². The number of amides is 1. The molecule has 2 aromatic carbocycles. The molecule has 32 heavy (non-hydrogen) atoms. The average Bonchev–Trinajstić information content (AvgIpc) is 3.15. The molecule has 2 heterocycles. The van der Waals surface area contributed by atoms with Gasteiger partial charge in [0, 0.05) is 32.0 Å². The van der Waals surface area contributed by atoms with Gasteiger partial charge in [-0.15, -0.1) is 0 Å². The molecule has 0 aliphatic carbocycles. The number of carbonyl (C=O) groups is 1. The van der Waals surface area contributed by atoms with Crippen LogP contribution in [0.3, 0.4) is 0 Å². The number of aryl methyl sites for hydroxylation is 1. The number of hydrogen-bond acceptors (Lipinski definition) is 3. The minimum Gasteiger partial charge on any atom is -0.343 e. The average molecular weight is 433 g/mol. The van der Waals surface area contributed by atoms with Gasteiger partial charge in [-0.2, -0.15) is 5.10 Å². The molecule has 0 N–H and O–H groups in total. The van der Waals surface area contributed by atoms with Gasteiger partial charge >= 0.3 is 5.69 Å². The van der Waals surface area contributed by atoms with Crippen molar-refractivity contribution < 1.29 is 4.79 Å². The van der Waals surface area contributed by atoms with Crippen LogP contribution in [0.15, 0.2) is 65.5 Å². The molecule has 168 valence electrons. The zero-order valence-corrected chi connectivity index (χ0v) is 18.8. The zero-order valence-electron chi connectivity index (χ0n) is 18.8. The highest BCUT2D eigenvalue weighted by Gasteiger charge is 2.28. The lowest BCUT2D eigenvalue weighted by Gasteiger charge is -2.31. The highest BCUT2D eigenvalue weighted by Crippen LogP contribution is 2.27. The third-order valence-corrected chi connectivity index (χ3v) is 6.35. The van der Waals surface area contributed by atoms with Crippen molar-refractivity contribution in [2.45, 2.75) is 58.0 Å². The van der Waals surface area contributed by atoms with Crippen molar-refractivity contribution in [3.63, 3.8) is 0 Å². The van der Waals surface area contributed by atoms with Gasteiger partial charge in [0.2, 0.25) is 5.91 Å². The fourth-order valence-electron chi connectivity index (χ4n) is 4.55. The van der Waals surface area contributed by atoms with Crippen LogP contribution in [-0.2, 0) is 24.3 Å². The topological polar surface area (TPSA) is 60.1 Å². The molecule has 3 aromatic rings. The maximum atomic E-state index is 12.9. The summed E-state index contributed by atoms with van der Waals surface area (Å²) < 4.78 is 3.38. The van der Waals surface area contributed by atoms with E-state index in [-0.39, 0.29) is 17.5 Å². The monoisotopic (exact) mass is 432 g/mol. The number of nitrogens with zero attached hydrogens (tertiary/aromatic N) is 4. The van der Waals surface area contributed by atoms with Crippen LogP contribution in [0.1, 0.15) is 55.5 Å². The Morgan fingerprint density at radius 2 is 1.59 bits per heavy atom. The number of benzene rings is 2. The van der Waals surface area contributed by atoms with E-state index in [1.807, 2.05) is 60.4 Å². The molecule has 1 aliphatic rings. The Hall–Kier alpha value is -3.15. The van der Waals surface area contributed by atoms with Crippen LogP contribution >= 0.6 is 0 Å². The lowest BCUT2D eigenvalue weighted by Crippen LogP contribution is -2.38. The summed E-state index contributed by atoms with van der Waals surface area (Å²) in [5.41, 5.74) is 2.30. The van der Waals surface area contributed by atoms with E-state index < -0.39 is 0 Å². The summed E-state index contributed by atoms with van der Waals surface area (Å²) in [6, 6.07) is 20.3. The van der Waals surface area contributed by atoms with Crippen LogP contribution in [0.2, 0.25) is 0 Å². The largest absolute Gasteiger partial charge is 0.346 e. The van der Waals surface area contributed by atoms with Crippen LogP contribution < -0.4 is 5.69 Å². The summed E-state index contributed by atoms with van der Waals surface area (Å²) in [4.78, 5) is 27.5. The van der Waals surface area contributed by atoms with Crippen LogP contribution in [0.4, 0.5) is 0 Å². The van der Waals surface area contributed by atoms with E-state index in [2.05, 4.69) is 12.1 Å². The maximum absolute atomic E-state index is 12.9. The SMILES string of the molecule is CCn1c(C2CCN(C(=O)CCCc3ccccc3)CC2)nn(Cc2ccccc2)c1=O. The molecule has 1 aromatic heterocycles. The predicted molar refractivity (Wildman–Crippen MR) is 126 cm³/mol. The van der Waals surface area contributed by atoms with Gasteiger partial charge < -0.3 is 4.90 Å². The second kappa shape index (κ2) is 10.4. The quantitative estimate of drug-likeness (QED) is 0.543. The zero-order chi connectivity index (χ0) is 22.3. The first-order chi connectivity index (χ1) is 15.7. The van der Waals surface area contributed by atoms with E-state index in [1.165, 1.54) is 5.56 Å². The number of aromatic nitrogens is 3. The Bertz CT molecular complexity index is 1060. The molecule has 0 spiro atoms. The number of piperidine rings is 1. The Morgan fingerprint density at radius 3 is 2.22 bits per heavy atom. The second-order valence-electron chi connectivity index (χ2n) is 8.52. The van der Waals surface area contributed by atoms with E-state index in [9.17, 15) is 9.59 Å². The number of likely N-dealkylation sites (tertiary alicyclic amines) is 1. The molecular formula is C26H32N4O2. The van der Waals surface area contributed by atoms with Gasteiger partial charge in [-0.25, -0.2) is 9.48 Å². The predicted octanol–water partition coefficient (Wildman–Crippen LogP) is 3.84. The van der Waals surface area contributed by atoms with Gasteiger partial charge in [0.15, 0.2) is 0 Å². The molecule has 0 bridgehead atoms. The molecule has 0 radical (unpaired) electrons. The third kappa shape index (κ3) is 5.18. The summed E-state index contributed by atoms with van der Waals surface area (Å²) in [6.07, 6.45) is 4.11. The fourth-order valence-corrected chi connectivity index (χ4v) is 4.55. The van der Waals surface area contributed by atoms with E-state index in [4.69, 9.17) is 5.10 Å². The van der Waals surface area contributed by atoms with Gasteiger partial charge in [-0.3, -0.25) is 9.36 Å².